The second kappa shape index (κ2) is 6.43. The highest BCUT2D eigenvalue weighted by atomic mass is 35.5. The number of hydrogen-bond donors (Lipinski definition) is 2. The average molecular weight is 281 g/mol. The Morgan fingerprint density at radius 2 is 2.26 bits per heavy atom. The van der Waals surface area contributed by atoms with Crippen molar-refractivity contribution in [2.75, 3.05) is 6.54 Å². The highest BCUT2D eigenvalue weighted by Gasteiger charge is 2.10. The van der Waals surface area contributed by atoms with Crippen LogP contribution in [-0.2, 0) is 6.54 Å². The fourth-order valence-corrected chi connectivity index (χ4v) is 1.98. The number of imidazole rings is 1. The zero-order valence-electron chi connectivity index (χ0n) is 10.8. The first-order chi connectivity index (χ1) is 9.22. The summed E-state index contributed by atoms with van der Waals surface area (Å²) in [4.78, 5) is 15.9. The van der Waals surface area contributed by atoms with E-state index >= 15 is 0 Å². The van der Waals surface area contributed by atoms with Gasteiger partial charge in [0.1, 0.15) is 10.8 Å². The van der Waals surface area contributed by atoms with Gasteiger partial charge in [0.2, 0.25) is 0 Å². The highest BCUT2D eigenvalue weighted by molar-refractivity contribution is 6.30. The van der Waals surface area contributed by atoms with Crippen molar-refractivity contribution in [3.8, 4) is 0 Å². The van der Waals surface area contributed by atoms with Crippen LogP contribution in [0.25, 0.3) is 5.65 Å². The number of unbranched alkanes of at least 4 members (excludes halogenated alkanes) is 1. The van der Waals surface area contributed by atoms with Crippen LogP contribution < -0.4 is 10.6 Å². The summed E-state index contributed by atoms with van der Waals surface area (Å²) in [5.41, 5.74) is 1.44. The minimum atomic E-state index is -0.193. The van der Waals surface area contributed by atoms with Crippen molar-refractivity contribution in [3.63, 3.8) is 0 Å². The number of carbonyl (C=O) groups is 1. The molecular weight excluding hydrogens is 264 g/mol. The SMILES string of the molecule is CCCCNC(=O)NCc1nc2ccccn2c1Cl. The molecule has 2 rings (SSSR count). The van der Waals surface area contributed by atoms with Crippen LogP contribution in [0.3, 0.4) is 0 Å². The lowest BCUT2D eigenvalue weighted by Crippen LogP contribution is -2.35. The predicted octanol–water partition coefficient (Wildman–Crippen LogP) is 2.59. The van der Waals surface area contributed by atoms with Gasteiger partial charge in [-0.15, -0.1) is 0 Å². The quantitative estimate of drug-likeness (QED) is 0.827. The van der Waals surface area contributed by atoms with Gasteiger partial charge in [-0.2, -0.15) is 0 Å². The molecule has 0 spiro atoms. The summed E-state index contributed by atoms with van der Waals surface area (Å²) in [5.74, 6) is 0. The van der Waals surface area contributed by atoms with E-state index in [1.807, 2.05) is 24.4 Å². The molecule has 0 atom stereocenters. The molecule has 2 aromatic heterocycles. The van der Waals surface area contributed by atoms with Crippen LogP contribution in [0.15, 0.2) is 24.4 Å². The fraction of sp³-hybridized carbons (Fsp3) is 0.385. The van der Waals surface area contributed by atoms with Crippen LogP contribution >= 0.6 is 11.6 Å². The van der Waals surface area contributed by atoms with E-state index in [4.69, 9.17) is 11.6 Å². The number of halogens is 1. The van der Waals surface area contributed by atoms with Crippen molar-refractivity contribution in [2.24, 2.45) is 0 Å². The monoisotopic (exact) mass is 280 g/mol. The van der Waals surface area contributed by atoms with E-state index < -0.39 is 0 Å². The standard InChI is InChI=1S/C13H17ClN4O/c1-2-3-7-15-13(19)16-9-10-12(14)18-8-5-4-6-11(18)17-10/h4-6,8H,2-3,7,9H2,1H3,(H2,15,16,19). The molecule has 2 heterocycles. The Morgan fingerprint density at radius 1 is 1.42 bits per heavy atom. The van der Waals surface area contributed by atoms with Gasteiger partial charge in [-0.3, -0.25) is 4.40 Å². The van der Waals surface area contributed by atoms with Gasteiger partial charge >= 0.3 is 6.03 Å². The van der Waals surface area contributed by atoms with Gasteiger partial charge in [0.15, 0.2) is 0 Å². The average Bonchev–Trinajstić information content (AvgIpc) is 2.74. The fourth-order valence-electron chi connectivity index (χ4n) is 1.73. The number of urea groups is 1. The van der Waals surface area contributed by atoms with Crippen molar-refractivity contribution in [1.82, 2.24) is 20.0 Å². The Kier molecular flexibility index (Phi) is 4.63. The minimum absolute atomic E-state index is 0.193. The molecule has 2 aromatic rings. The van der Waals surface area contributed by atoms with Gasteiger partial charge in [0.25, 0.3) is 0 Å². The van der Waals surface area contributed by atoms with Crippen molar-refractivity contribution in [2.45, 2.75) is 26.3 Å². The zero-order valence-corrected chi connectivity index (χ0v) is 11.6. The third-order valence-corrected chi connectivity index (χ3v) is 3.17. The zero-order chi connectivity index (χ0) is 13.7. The normalized spacial score (nSPS) is 10.6. The first kappa shape index (κ1) is 13.7. The van der Waals surface area contributed by atoms with Crippen LogP contribution in [0.5, 0.6) is 0 Å². The molecule has 6 heteroatoms. The summed E-state index contributed by atoms with van der Waals surface area (Å²) in [5, 5.41) is 6.06. The Labute approximate surface area is 117 Å². The van der Waals surface area contributed by atoms with E-state index in [9.17, 15) is 4.79 Å². The number of rotatable bonds is 5. The molecule has 2 amide bonds. The molecule has 0 fully saturated rings. The molecule has 0 saturated carbocycles. The van der Waals surface area contributed by atoms with Gasteiger partial charge in [0.05, 0.1) is 12.2 Å². The lowest BCUT2D eigenvalue weighted by Gasteiger charge is -2.05. The maximum atomic E-state index is 11.5. The number of hydrogen-bond acceptors (Lipinski definition) is 2. The lowest BCUT2D eigenvalue weighted by atomic mass is 10.3. The number of nitrogens with zero attached hydrogens (tertiary/aromatic N) is 2. The van der Waals surface area contributed by atoms with Crippen LogP contribution in [0.4, 0.5) is 4.79 Å². The second-order valence-electron chi connectivity index (χ2n) is 4.24. The van der Waals surface area contributed by atoms with Crippen molar-refractivity contribution in [1.29, 1.82) is 0 Å². The van der Waals surface area contributed by atoms with Crippen LogP contribution in [-0.4, -0.2) is 22.0 Å². The molecule has 19 heavy (non-hydrogen) atoms. The summed E-state index contributed by atoms with van der Waals surface area (Å²) in [6.07, 6.45) is 3.87. The van der Waals surface area contributed by atoms with E-state index in [-0.39, 0.29) is 6.03 Å². The second-order valence-corrected chi connectivity index (χ2v) is 4.60. The number of aromatic nitrogens is 2. The molecule has 102 valence electrons. The van der Waals surface area contributed by atoms with Crippen molar-refractivity contribution in [3.05, 3.63) is 35.2 Å². The van der Waals surface area contributed by atoms with E-state index in [1.165, 1.54) is 0 Å². The van der Waals surface area contributed by atoms with Gasteiger partial charge in [-0.05, 0) is 18.6 Å². The number of amides is 2. The first-order valence-electron chi connectivity index (χ1n) is 6.35. The molecule has 0 aliphatic rings. The van der Waals surface area contributed by atoms with Gasteiger partial charge in [-0.1, -0.05) is 31.0 Å². The van der Waals surface area contributed by atoms with Gasteiger partial charge in [-0.25, -0.2) is 9.78 Å². The highest BCUT2D eigenvalue weighted by Crippen LogP contribution is 2.17. The first-order valence-corrected chi connectivity index (χ1v) is 6.73. The molecule has 0 saturated heterocycles. The molecule has 5 nitrogen and oxygen atoms in total. The third kappa shape index (κ3) is 3.38. The molecule has 0 unspecified atom stereocenters. The Bertz CT molecular complexity index is 567. The lowest BCUT2D eigenvalue weighted by molar-refractivity contribution is 0.240. The molecule has 0 aliphatic heterocycles. The molecule has 0 aromatic carbocycles. The van der Waals surface area contributed by atoms with Gasteiger partial charge in [0, 0.05) is 12.7 Å². The van der Waals surface area contributed by atoms with E-state index in [2.05, 4.69) is 22.5 Å². The predicted molar refractivity (Wildman–Crippen MR) is 75.3 cm³/mol. The minimum Gasteiger partial charge on any atom is -0.338 e. The third-order valence-electron chi connectivity index (χ3n) is 2.77. The summed E-state index contributed by atoms with van der Waals surface area (Å²) in [6.45, 7) is 3.08. The molecule has 2 N–H and O–H groups in total. The maximum Gasteiger partial charge on any atom is 0.315 e. The van der Waals surface area contributed by atoms with E-state index in [1.54, 1.807) is 4.40 Å². The summed E-state index contributed by atoms with van der Waals surface area (Å²) >= 11 is 6.20. The molecule has 0 radical (unpaired) electrons. The number of nitrogens with one attached hydrogen (secondary N) is 2. The molecule has 0 aliphatic carbocycles. The smallest absolute Gasteiger partial charge is 0.315 e. The van der Waals surface area contributed by atoms with Crippen molar-refractivity contribution < 1.29 is 4.79 Å². The number of pyridine rings is 1. The molecule has 0 bridgehead atoms. The Balaban J connectivity index is 1.94. The Morgan fingerprint density at radius 3 is 3.00 bits per heavy atom. The molecular formula is C13H17ClN4O. The summed E-state index contributed by atoms with van der Waals surface area (Å²) in [6, 6.07) is 5.46. The number of carbonyl (C=O) groups excluding carboxylic acids is 1. The number of fused-ring (bicyclic) bond motifs is 1. The van der Waals surface area contributed by atoms with E-state index in [0.717, 1.165) is 18.5 Å². The van der Waals surface area contributed by atoms with Gasteiger partial charge < -0.3 is 10.6 Å². The van der Waals surface area contributed by atoms with E-state index in [0.29, 0.717) is 23.9 Å². The summed E-state index contributed by atoms with van der Waals surface area (Å²) < 4.78 is 1.79. The summed E-state index contributed by atoms with van der Waals surface area (Å²) in [7, 11) is 0. The van der Waals surface area contributed by atoms with Crippen LogP contribution in [0.2, 0.25) is 5.15 Å². The maximum absolute atomic E-state index is 11.5. The van der Waals surface area contributed by atoms with Crippen LogP contribution in [0.1, 0.15) is 25.5 Å². The largest absolute Gasteiger partial charge is 0.338 e. The van der Waals surface area contributed by atoms with Crippen LogP contribution in [0, 0.1) is 0 Å². The topological polar surface area (TPSA) is 58.4 Å². The Hall–Kier alpha value is -1.75. The van der Waals surface area contributed by atoms with Crippen molar-refractivity contribution >= 4 is 23.3 Å².